The highest BCUT2D eigenvalue weighted by atomic mass is 31.2. The zero-order valence-electron chi connectivity index (χ0n) is 16.5. The van der Waals surface area contributed by atoms with Crippen LogP contribution >= 0.6 is 15.2 Å². The first-order chi connectivity index (χ1) is 13.1. The summed E-state index contributed by atoms with van der Waals surface area (Å²) >= 11 is 0. The van der Waals surface area contributed by atoms with E-state index in [-0.39, 0.29) is 0 Å². The van der Waals surface area contributed by atoms with Crippen LogP contribution < -0.4 is 9.30 Å². The smallest absolute Gasteiger partial charge is 0.347 e. The molecule has 10 heteroatoms. The summed E-state index contributed by atoms with van der Waals surface area (Å²) in [6.45, 7) is 2.24. The normalized spacial score (nSPS) is 12.5. The highest BCUT2D eigenvalue weighted by Crippen LogP contribution is 2.59. The Morgan fingerprint density at radius 1 is 0.929 bits per heavy atom. The molecule has 0 unspecified atom stereocenters. The van der Waals surface area contributed by atoms with E-state index >= 15 is 0 Å². The van der Waals surface area contributed by atoms with Gasteiger partial charge in [0.2, 0.25) is 11.6 Å². The molecule has 0 aliphatic rings. The fourth-order valence-electron chi connectivity index (χ4n) is 2.90. The molecule has 1 aromatic rings. The summed E-state index contributed by atoms with van der Waals surface area (Å²) in [7, 11) is -9.90. The summed E-state index contributed by atoms with van der Waals surface area (Å²) in [5, 5.41) is -2.07. The summed E-state index contributed by atoms with van der Waals surface area (Å²) < 4.78 is 29.8. The van der Waals surface area contributed by atoms with Gasteiger partial charge in [0.15, 0.2) is 18.5 Å². The topological polar surface area (TPSA) is 128 Å². The van der Waals surface area contributed by atoms with E-state index in [9.17, 15) is 28.7 Å². The minimum atomic E-state index is -4.95. The van der Waals surface area contributed by atoms with Gasteiger partial charge in [-0.15, -0.1) is 0 Å². The van der Waals surface area contributed by atoms with E-state index in [1.807, 2.05) is 0 Å². The second-order valence-corrected chi connectivity index (χ2v) is 11.1. The molecule has 8 nitrogen and oxygen atoms in total. The lowest BCUT2D eigenvalue weighted by Gasteiger charge is -2.16. The van der Waals surface area contributed by atoms with Crippen molar-refractivity contribution >= 4 is 15.2 Å². The number of unbranched alkanes of at least 4 members (excludes halogenated alkanes) is 8. The Hall–Kier alpha value is -0.750. The number of ether oxygens (including phenoxy) is 1. The molecule has 4 N–H and O–H groups in total. The predicted molar refractivity (Wildman–Crippen MR) is 107 cm³/mol. The van der Waals surface area contributed by atoms with Crippen LogP contribution in [0.3, 0.4) is 0 Å². The third-order valence-electron chi connectivity index (χ3n) is 4.50. The number of aromatic nitrogens is 1. The van der Waals surface area contributed by atoms with Crippen molar-refractivity contribution in [1.82, 2.24) is 0 Å². The van der Waals surface area contributed by atoms with Gasteiger partial charge in [0.25, 0.3) is 0 Å². The molecule has 0 aliphatic carbocycles. The van der Waals surface area contributed by atoms with Gasteiger partial charge < -0.3 is 24.3 Å². The van der Waals surface area contributed by atoms with Crippen molar-refractivity contribution in [1.29, 1.82) is 0 Å². The number of pyridine rings is 1. The maximum atomic E-state index is 11.4. The van der Waals surface area contributed by atoms with Crippen molar-refractivity contribution in [3.8, 4) is 5.75 Å². The Bertz CT molecular complexity index is 637. The van der Waals surface area contributed by atoms with Gasteiger partial charge in [-0.2, -0.15) is 0 Å². The van der Waals surface area contributed by atoms with E-state index in [2.05, 4.69) is 6.92 Å². The molecule has 162 valence electrons. The molecule has 0 amide bonds. The lowest BCUT2D eigenvalue weighted by Crippen LogP contribution is -2.39. The van der Waals surface area contributed by atoms with Crippen molar-refractivity contribution in [2.45, 2.75) is 76.7 Å². The quantitative estimate of drug-likeness (QED) is 0.187. The molecule has 1 heterocycles. The minimum Gasteiger partial charge on any atom is -0.487 e. The number of nitrogens with zero attached hydrogens (tertiary/aromatic N) is 1. The molecule has 0 fully saturated rings. The molecule has 0 aliphatic heterocycles. The van der Waals surface area contributed by atoms with Crippen LogP contribution in [0.4, 0.5) is 0 Å². The van der Waals surface area contributed by atoms with Gasteiger partial charge in [0, 0.05) is 6.07 Å². The van der Waals surface area contributed by atoms with E-state index in [0.717, 1.165) is 12.8 Å². The first-order valence-electron chi connectivity index (χ1n) is 9.87. The lowest BCUT2D eigenvalue weighted by molar-refractivity contribution is -0.694. The van der Waals surface area contributed by atoms with E-state index in [1.165, 1.54) is 61.9 Å². The zero-order valence-corrected chi connectivity index (χ0v) is 18.3. The molecule has 0 atom stereocenters. The molecule has 0 aromatic carbocycles. The minimum absolute atomic E-state index is 0.496. The van der Waals surface area contributed by atoms with Gasteiger partial charge in [0.1, 0.15) is 0 Å². The van der Waals surface area contributed by atoms with Crippen LogP contribution in [0.1, 0.15) is 64.7 Å². The number of hydrogen-bond acceptors (Lipinski definition) is 3. The van der Waals surface area contributed by atoms with E-state index in [4.69, 9.17) is 4.74 Å². The third-order valence-corrected chi connectivity index (χ3v) is 8.18. The van der Waals surface area contributed by atoms with Crippen LogP contribution in [0.2, 0.25) is 0 Å². The average molecular weight is 438 g/mol. The predicted octanol–water partition coefficient (Wildman–Crippen LogP) is 3.57. The summed E-state index contributed by atoms with van der Waals surface area (Å²) in [5.74, 6) is 0.497. The summed E-state index contributed by atoms with van der Waals surface area (Å²) in [6, 6.07) is 3.32. The first-order valence-corrected chi connectivity index (χ1v) is 13.2. The second kappa shape index (κ2) is 12.7. The fourth-order valence-corrected chi connectivity index (χ4v) is 5.27. The van der Waals surface area contributed by atoms with Gasteiger partial charge in [-0.05, 0) is 12.5 Å². The van der Waals surface area contributed by atoms with Crippen LogP contribution in [-0.4, -0.2) is 31.6 Å². The van der Waals surface area contributed by atoms with Crippen molar-refractivity contribution in [3.63, 3.8) is 0 Å². The standard InChI is InChI=1S/C18H33NO7P2/c1-2-3-4-5-6-7-8-9-10-14-26-17-12-11-13-19(15-17)16-18(27(20,21)22)28(23,24)25/h11-13,15,18H,2-10,14,16H2,1H3,(H3-,20,21,22,23,24,25)/p+1. The van der Waals surface area contributed by atoms with Crippen molar-refractivity contribution in [2.75, 3.05) is 6.61 Å². The molecule has 0 spiro atoms. The third kappa shape index (κ3) is 10.7. The van der Waals surface area contributed by atoms with E-state index in [1.54, 1.807) is 12.1 Å². The van der Waals surface area contributed by atoms with Crippen molar-refractivity contribution < 1.29 is 38.0 Å². The second-order valence-electron chi connectivity index (χ2n) is 7.07. The highest BCUT2D eigenvalue weighted by Gasteiger charge is 2.46. The molecule has 0 bridgehead atoms. The van der Waals surface area contributed by atoms with Gasteiger partial charge in [-0.1, -0.05) is 58.3 Å². The molecule has 1 rings (SSSR count). The summed E-state index contributed by atoms with van der Waals surface area (Å²) in [4.78, 5) is 36.9. The van der Waals surface area contributed by atoms with Gasteiger partial charge >= 0.3 is 15.2 Å². The van der Waals surface area contributed by atoms with Crippen molar-refractivity contribution in [2.24, 2.45) is 0 Å². The average Bonchev–Trinajstić information content (AvgIpc) is 2.60. The molecule has 0 saturated heterocycles. The first kappa shape index (κ1) is 25.3. The molecule has 0 radical (unpaired) electrons. The lowest BCUT2D eigenvalue weighted by atomic mass is 10.1. The molecular formula is C18H34NO7P2+. The van der Waals surface area contributed by atoms with Gasteiger partial charge in [0.05, 0.1) is 6.61 Å². The number of rotatable bonds is 15. The van der Waals surface area contributed by atoms with Crippen molar-refractivity contribution in [3.05, 3.63) is 24.5 Å². The zero-order chi connectivity index (χ0) is 21.0. The van der Waals surface area contributed by atoms with E-state index in [0.29, 0.717) is 12.4 Å². The largest absolute Gasteiger partial charge is 0.487 e. The van der Waals surface area contributed by atoms with Gasteiger partial charge in [-0.25, -0.2) is 4.57 Å². The maximum Gasteiger partial charge on any atom is 0.347 e. The van der Waals surface area contributed by atoms with Gasteiger partial charge in [-0.3, -0.25) is 9.13 Å². The van der Waals surface area contributed by atoms with Crippen LogP contribution in [-0.2, 0) is 15.7 Å². The fraction of sp³-hybridized carbons (Fsp3) is 0.722. The van der Waals surface area contributed by atoms with Crippen LogP contribution in [0.15, 0.2) is 24.5 Å². The maximum absolute atomic E-state index is 11.4. The Balaban J connectivity index is 2.37. The van der Waals surface area contributed by atoms with E-state index < -0.39 is 27.1 Å². The van der Waals surface area contributed by atoms with Crippen LogP contribution in [0.5, 0.6) is 5.75 Å². The Morgan fingerprint density at radius 3 is 2.00 bits per heavy atom. The Labute approximate surface area is 167 Å². The molecule has 28 heavy (non-hydrogen) atoms. The molecular weight excluding hydrogens is 404 g/mol. The summed E-state index contributed by atoms with van der Waals surface area (Å²) in [6.07, 6.45) is 13.9. The van der Waals surface area contributed by atoms with Crippen LogP contribution in [0, 0.1) is 0 Å². The number of hydrogen-bond donors (Lipinski definition) is 4. The molecule has 0 saturated carbocycles. The SMILES string of the molecule is CCCCCCCCCCCOc1ccc[n+](CC(P(=O)(O)O)P(=O)(O)O)c1. The van der Waals surface area contributed by atoms with Crippen LogP contribution in [0.25, 0.3) is 0 Å². The Morgan fingerprint density at radius 2 is 1.46 bits per heavy atom. The summed E-state index contributed by atoms with van der Waals surface area (Å²) in [5.41, 5.74) is 0. The highest BCUT2D eigenvalue weighted by molar-refractivity contribution is 7.70. The Kier molecular flexibility index (Phi) is 11.5. The molecule has 1 aromatic heterocycles. The monoisotopic (exact) mass is 438 g/mol.